The summed E-state index contributed by atoms with van der Waals surface area (Å²) in [7, 11) is -2.36. The summed E-state index contributed by atoms with van der Waals surface area (Å²) in [5.74, 6) is -1.15. The Kier molecular flexibility index (Phi) is 3.51. The zero-order valence-electron chi connectivity index (χ0n) is 9.83. The number of carboxylic acid groups (broad SMARTS) is 1. The minimum atomic E-state index is -3.68. The molecule has 8 heteroatoms. The van der Waals surface area contributed by atoms with E-state index in [1.54, 1.807) is 0 Å². The second-order valence-corrected chi connectivity index (χ2v) is 6.78. The summed E-state index contributed by atoms with van der Waals surface area (Å²) in [5.41, 5.74) is 0.514. The van der Waals surface area contributed by atoms with Crippen LogP contribution in [0.15, 0.2) is 28.3 Å². The number of carboxylic acids is 1. The summed E-state index contributed by atoms with van der Waals surface area (Å²) in [5, 5.41) is 12.7. The van der Waals surface area contributed by atoms with Gasteiger partial charge in [0.15, 0.2) is 9.84 Å². The molecule has 6 nitrogen and oxygen atoms in total. The first-order valence-electron chi connectivity index (χ1n) is 5.23. The molecule has 0 fully saturated rings. The average Bonchev–Trinajstić information content (AvgIpc) is 2.36. The van der Waals surface area contributed by atoms with Gasteiger partial charge in [0.2, 0.25) is 0 Å². The fourth-order valence-corrected chi connectivity index (χ4v) is 3.67. The lowest BCUT2D eigenvalue weighted by molar-refractivity contribution is 0.0696. The number of benzene rings is 1. The van der Waals surface area contributed by atoms with Crippen LogP contribution >= 0.6 is 11.6 Å². The number of halogens is 1. The molecule has 1 N–H and O–H groups in total. The SMILES string of the molecule is CON=C1CC(Cl)S(=O)(=O)c2ccc(C(=O)O)cc21. The van der Waals surface area contributed by atoms with Crippen LogP contribution in [0.1, 0.15) is 22.3 Å². The summed E-state index contributed by atoms with van der Waals surface area (Å²) < 4.78 is 23.0. The Labute approximate surface area is 114 Å². The topological polar surface area (TPSA) is 93.0 Å². The van der Waals surface area contributed by atoms with E-state index in [2.05, 4.69) is 9.99 Å². The minimum Gasteiger partial charge on any atom is -0.478 e. The maximum atomic E-state index is 12.1. The summed E-state index contributed by atoms with van der Waals surface area (Å²) in [4.78, 5) is 15.5. The number of alkyl halides is 1. The van der Waals surface area contributed by atoms with Gasteiger partial charge in [-0.25, -0.2) is 13.2 Å². The number of hydrogen-bond acceptors (Lipinski definition) is 5. The van der Waals surface area contributed by atoms with Crippen molar-refractivity contribution in [1.29, 1.82) is 0 Å². The Morgan fingerprint density at radius 1 is 1.53 bits per heavy atom. The Balaban J connectivity index is 2.72. The van der Waals surface area contributed by atoms with E-state index in [1.807, 2.05) is 0 Å². The normalized spacial score (nSPS) is 22.8. The first-order chi connectivity index (χ1) is 8.87. The van der Waals surface area contributed by atoms with Crippen LogP contribution in [0.4, 0.5) is 0 Å². The van der Waals surface area contributed by atoms with Gasteiger partial charge in [-0.05, 0) is 18.2 Å². The predicted octanol–water partition coefficient (Wildman–Crippen LogP) is 1.48. The van der Waals surface area contributed by atoms with Gasteiger partial charge in [0.05, 0.1) is 16.2 Å². The van der Waals surface area contributed by atoms with Gasteiger partial charge in [0, 0.05) is 12.0 Å². The Hall–Kier alpha value is -1.60. The lowest BCUT2D eigenvalue weighted by Crippen LogP contribution is -2.28. The molecule has 0 aromatic heterocycles. The highest BCUT2D eigenvalue weighted by molar-refractivity contribution is 7.93. The number of rotatable bonds is 2. The van der Waals surface area contributed by atoms with Gasteiger partial charge in [-0.1, -0.05) is 5.16 Å². The minimum absolute atomic E-state index is 0.0224. The summed E-state index contributed by atoms with van der Waals surface area (Å²) >= 11 is 5.83. The van der Waals surface area contributed by atoms with Gasteiger partial charge in [-0.15, -0.1) is 11.6 Å². The number of sulfone groups is 1. The quantitative estimate of drug-likeness (QED) is 0.660. The fourth-order valence-electron chi connectivity index (χ4n) is 1.84. The highest BCUT2D eigenvalue weighted by Gasteiger charge is 2.36. The van der Waals surface area contributed by atoms with Crippen molar-refractivity contribution < 1.29 is 23.2 Å². The number of nitrogens with zero attached hydrogens (tertiary/aromatic N) is 1. The van der Waals surface area contributed by atoms with Crippen LogP contribution in [0.25, 0.3) is 0 Å². The second-order valence-electron chi connectivity index (χ2n) is 3.90. The maximum Gasteiger partial charge on any atom is 0.335 e. The molecule has 1 aromatic rings. The largest absolute Gasteiger partial charge is 0.478 e. The third-order valence-electron chi connectivity index (χ3n) is 2.74. The molecule has 0 radical (unpaired) electrons. The highest BCUT2D eigenvalue weighted by atomic mass is 35.5. The Bertz CT molecular complexity index is 668. The molecule has 102 valence electrons. The molecule has 0 amide bonds. The summed E-state index contributed by atoms with van der Waals surface area (Å²) in [6.45, 7) is 0. The zero-order valence-corrected chi connectivity index (χ0v) is 11.4. The van der Waals surface area contributed by atoms with Gasteiger partial charge in [-0.3, -0.25) is 0 Å². The molecule has 1 aliphatic heterocycles. The van der Waals surface area contributed by atoms with Crippen LogP contribution < -0.4 is 0 Å². The first-order valence-corrected chi connectivity index (χ1v) is 7.22. The van der Waals surface area contributed by atoms with Gasteiger partial charge in [0.1, 0.15) is 11.8 Å². The average molecular weight is 304 g/mol. The lowest BCUT2D eigenvalue weighted by atomic mass is 10.0. The van der Waals surface area contributed by atoms with E-state index in [1.165, 1.54) is 25.3 Å². The molecule has 19 heavy (non-hydrogen) atoms. The van der Waals surface area contributed by atoms with Gasteiger partial charge in [0.25, 0.3) is 0 Å². The number of oxime groups is 1. The molecule has 0 bridgehead atoms. The van der Waals surface area contributed by atoms with Crippen molar-refractivity contribution in [3.8, 4) is 0 Å². The van der Waals surface area contributed by atoms with Crippen molar-refractivity contribution in [2.45, 2.75) is 16.0 Å². The molecule has 2 rings (SSSR count). The van der Waals surface area contributed by atoms with E-state index < -0.39 is 20.5 Å². The molecular weight excluding hydrogens is 294 g/mol. The van der Waals surface area contributed by atoms with E-state index in [9.17, 15) is 13.2 Å². The third kappa shape index (κ3) is 2.31. The molecule has 1 aromatic carbocycles. The molecule has 0 aliphatic carbocycles. The van der Waals surface area contributed by atoms with E-state index in [0.29, 0.717) is 5.71 Å². The molecule has 0 saturated carbocycles. The van der Waals surface area contributed by atoms with E-state index in [4.69, 9.17) is 16.7 Å². The number of fused-ring (bicyclic) bond motifs is 1. The van der Waals surface area contributed by atoms with Crippen molar-refractivity contribution in [3.05, 3.63) is 29.3 Å². The number of aromatic carboxylic acids is 1. The van der Waals surface area contributed by atoms with E-state index in [0.717, 1.165) is 0 Å². The molecule has 1 aliphatic rings. The van der Waals surface area contributed by atoms with Gasteiger partial charge < -0.3 is 9.94 Å². The van der Waals surface area contributed by atoms with E-state index in [-0.39, 0.29) is 22.4 Å². The lowest BCUT2D eigenvalue weighted by Gasteiger charge is -2.21. The van der Waals surface area contributed by atoms with Crippen LogP contribution in [0.2, 0.25) is 0 Å². The van der Waals surface area contributed by atoms with Crippen LogP contribution in [-0.2, 0) is 14.7 Å². The Morgan fingerprint density at radius 2 is 2.21 bits per heavy atom. The monoisotopic (exact) mass is 303 g/mol. The Morgan fingerprint density at radius 3 is 2.79 bits per heavy atom. The summed E-state index contributed by atoms with van der Waals surface area (Å²) in [6.07, 6.45) is -0.0339. The van der Waals surface area contributed by atoms with Gasteiger partial charge in [-0.2, -0.15) is 0 Å². The molecule has 0 saturated heterocycles. The standard InChI is InChI=1S/C11H10ClNO5S/c1-18-13-8-5-10(12)19(16,17)9-3-2-6(11(14)15)4-7(8)9/h2-4,10H,5H2,1H3,(H,14,15). The summed E-state index contributed by atoms with van der Waals surface area (Å²) in [6, 6.07) is 3.71. The van der Waals surface area contributed by atoms with Crippen molar-refractivity contribution in [2.24, 2.45) is 5.16 Å². The third-order valence-corrected chi connectivity index (χ3v) is 5.40. The van der Waals surface area contributed by atoms with Crippen molar-refractivity contribution in [3.63, 3.8) is 0 Å². The molecule has 1 unspecified atom stereocenters. The predicted molar refractivity (Wildman–Crippen MR) is 68.4 cm³/mol. The van der Waals surface area contributed by atoms with Crippen molar-refractivity contribution in [2.75, 3.05) is 7.11 Å². The van der Waals surface area contributed by atoms with Crippen LogP contribution in [0.3, 0.4) is 0 Å². The smallest absolute Gasteiger partial charge is 0.335 e. The van der Waals surface area contributed by atoms with Crippen molar-refractivity contribution in [1.82, 2.24) is 0 Å². The van der Waals surface area contributed by atoms with Crippen LogP contribution in [-0.4, -0.2) is 37.0 Å². The fraction of sp³-hybridized carbons (Fsp3) is 0.273. The maximum absolute atomic E-state index is 12.1. The van der Waals surface area contributed by atoms with Crippen molar-refractivity contribution >= 4 is 33.1 Å². The number of carbonyl (C=O) groups is 1. The molecule has 1 heterocycles. The highest BCUT2D eigenvalue weighted by Crippen LogP contribution is 2.32. The number of hydrogen-bond donors (Lipinski definition) is 1. The first kappa shape index (κ1) is 13.8. The molecular formula is C11H10ClNO5S. The van der Waals surface area contributed by atoms with E-state index >= 15 is 0 Å². The second kappa shape index (κ2) is 4.82. The van der Waals surface area contributed by atoms with Gasteiger partial charge >= 0.3 is 5.97 Å². The van der Waals surface area contributed by atoms with Crippen LogP contribution in [0, 0.1) is 0 Å². The molecule has 0 spiro atoms. The molecule has 1 atom stereocenters. The van der Waals surface area contributed by atoms with Crippen LogP contribution in [0.5, 0.6) is 0 Å². The zero-order chi connectivity index (χ0) is 14.2.